The second kappa shape index (κ2) is 9.06. The first kappa shape index (κ1) is 18.0. The molecule has 4 nitrogen and oxygen atoms in total. The molecule has 1 amide bonds. The molecule has 0 aliphatic rings. The fourth-order valence-corrected chi connectivity index (χ4v) is 3.29. The molecule has 0 radical (unpaired) electrons. The molecular weight excluding hydrogens is 342 g/mol. The van der Waals surface area contributed by atoms with Gasteiger partial charge in [-0.2, -0.15) is 0 Å². The Kier molecular flexibility index (Phi) is 6.28. The molecule has 2 N–H and O–H groups in total. The van der Waals surface area contributed by atoms with Crippen molar-refractivity contribution < 1.29 is 4.79 Å². The fourth-order valence-electron chi connectivity index (χ4n) is 2.45. The maximum Gasteiger partial charge on any atom is 0.258 e. The summed E-state index contributed by atoms with van der Waals surface area (Å²) in [5, 5.41) is 7.12. The van der Waals surface area contributed by atoms with E-state index in [2.05, 4.69) is 22.5 Å². The summed E-state index contributed by atoms with van der Waals surface area (Å²) in [6.45, 7) is 2.11. The number of pyridine rings is 1. The molecule has 5 heteroatoms. The lowest BCUT2D eigenvalue weighted by Gasteiger charge is -2.14. The monoisotopic (exact) mass is 363 g/mol. The van der Waals surface area contributed by atoms with E-state index in [-0.39, 0.29) is 5.91 Å². The Morgan fingerprint density at radius 1 is 0.962 bits per heavy atom. The van der Waals surface area contributed by atoms with E-state index in [1.165, 1.54) is 0 Å². The number of hydrogen-bond acceptors (Lipinski definition) is 4. The van der Waals surface area contributed by atoms with Crippen molar-refractivity contribution in [2.24, 2.45) is 0 Å². The number of benzene rings is 2. The second-order valence-corrected chi connectivity index (χ2v) is 6.78. The van der Waals surface area contributed by atoms with Crippen LogP contribution >= 0.6 is 11.8 Å². The van der Waals surface area contributed by atoms with Gasteiger partial charge in [0, 0.05) is 11.9 Å². The predicted molar refractivity (Wildman–Crippen MR) is 109 cm³/mol. The fraction of sp³-hybridized carbons (Fsp3) is 0.143. The van der Waals surface area contributed by atoms with Crippen LogP contribution in [0.25, 0.3) is 0 Å². The van der Waals surface area contributed by atoms with Gasteiger partial charge in [0.15, 0.2) is 0 Å². The average molecular weight is 363 g/mol. The van der Waals surface area contributed by atoms with E-state index >= 15 is 0 Å². The first-order chi connectivity index (χ1) is 12.8. The maximum atomic E-state index is 12.8. The summed E-state index contributed by atoms with van der Waals surface area (Å²) in [5.74, 6) is 0.780. The van der Waals surface area contributed by atoms with Crippen molar-refractivity contribution in [1.82, 2.24) is 4.98 Å². The summed E-state index contributed by atoms with van der Waals surface area (Å²) in [6, 6.07) is 21.2. The molecule has 1 heterocycles. The molecule has 3 rings (SSSR count). The molecule has 0 aliphatic carbocycles. The van der Waals surface area contributed by atoms with Gasteiger partial charge in [0.25, 0.3) is 5.91 Å². The van der Waals surface area contributed by atoms with Gasteiger partial charge in [0.1, 0.15) is 5.03 Å². The van der Waals surface area contributed by atoms with Gasteiger partial charge in [-0.3, -0.25) is 4.79 Å². The van der Waals surface area contributed by atoms with E-state index in [9.17, 15) is 4.79 Å². The molecule has 26 heavy (non-hydrogen) atoms. The van der Waals surface area contributed by atoms with Crippen LogP contribution in [-0.4, -0.2) is 16.6 Å². The first-order valence-corrected chi connectivity index (χ1v) is 9.56. The van der Waals surface area contributed by atoms with Gasteiger partial charge in [-0.1, -0.05) is 37.3 Å². The quantitative estimate of drug-likeness (QED) is 0.538. The number of anilines is 3. The highest BCUT2D eigenvalue weighted by Gasteiger charge is 2.14. The zero-order valence-electron chi connectivity index (χ0n) is 14.6. The van der Waals surface area contributed by atoms with Gasteiger partial charge < -0.3 is 10.6 Å². The normalized spacial score (nSPS) is 10.3. The van der Waals surface area contributed by atoms with Crippen LogP contribution in [0.1, 0.15) is 23.7 Å². The van der Waals surface area contributed by atoms with Crippen molar-refractivity contribution in [3.05, 3.63) is 78.5 Å². The Balaban J connectivity index is 1.80. The topological polar surface area (TPSA) is 54.0 Å². The number of hydrogen-bond donors (Lipinski definition) is 2. The standard InChI is InChI=1S/C21H21N3OS/c1-2-15-26-21-17(11-8-14-22-21)20(25)24-19-13-7-6-12-18(19)23-16-9-4-3-5-10-16/h3-14,23H,2,15H2,1H3,(H,24,25). The number of nitrogens with one attached hydrogen (secondary N) is 2. The van der Waals surface area contributed by atoms with Crippen LogP contribution in [0.5, 0.6) is 0 Å². The summed E-state index contributed by atoms with van der Waals surface area (Å²) in [4.78, 5) is 17.2. The molecule has 0 atom stereocenters. The Hall–Kier alpha value is -2.79. The van der Waals surface area contributed by atoms with Crippen LogP contribution in [0.4, 0.5) is 17.1 Å². The minimum absolute atomic E-state index is 0.154. The van der Waals surface area contributed by atoms with Crippen molar-refractivity contribution in [2.45, 2.75) is 18.4 Å². The molecule has 1 aromatic heterocycles. The smallest absolute Gasteiger partial charge is 0.258 e. The minimum Gasteiger partial charge on any atom is -0.354 e. The summed E-state index contributed by atoms with van der Waals surface area (Å²) in [5.41, 5.74) is 3.14. The van der Waals surface area contributed by atoms with Crippen LogP contribution in [-0.2, 0) is 0 Å². The van der Waals surface area contributed by atoms with Crippen molar-refractivity contribution in [1.29, 1.82) is 0 Å². The summed E-state index contributed by atoms with van der Waals surface area (Å²) >= 11 is 1.61. The summed E-state index contributed by atoms with van der Waals surface area (Å²) in [6.07, 6.45) is 2.76. The van der Waals surface area contributed by atoms with Gasteiger partial charge in [0.05, 0.1) is 16.9 Å². The third kappa shape index (κ3) is 4.64. The van der Waals surface area contributed by atoms with Crippen LogP contribution in [0.2, 0.25) is 0 Å². The molecule has 0 spiro atoms. The number of aromatic nitrogens is 1. The molecule has 0 unspecified atom stereocenters. The maximum absolute atomic E-state index is 12.8. The zero-order valence-corrected chi connectivity index (χ0v) is 15.4. The van der Waals surface area contributed by atoms with E-state index in [1.807, 2.05) is 60.7 Å². The number of rotatable bonds is 7. The molecule has 0 aliphatic heterocycles. The number of nitrogens with zero attached hydrogens (tertiary/aromatic N) is 1. The van der Waals surface area contributed by atoms with Gasteiger partial charge in [0.2, 0.25) is 0 Å². The van der Waals surface area contributed by atoms with Crippen LogP contribution in [0, 0.1) is 0 Å². The molecule has 3 aromatic rings. The lowest BCUT2D eigenvalue weighted by molar-refractivity contribution is 0.102. The average Bonchev–Trinajstić information content (AvgIpc) is 2.69. The van der Waals surface area contributed by atoms with Gasteiger partial charge in [-0.25, -0.2) is 4.98 Å². The Bertz CT molecular complexity index is 868. The van der Waals surface area contributed by atoms with E-state index < -0.39 is 0 Å². The predicted octanol–water partition coefficient (Wildman–Crippen LogP) is 5.58. The molecule has 0 fully saturated rings. The van der Waals surface area contributed by atoms with Crippen molar-refractivity contribution >= 4 is 34.7 Å². The molecule has 0 bridgehead atoms. The Morgan fingerprint density at radius 3 is 2.46 bits per heavy atom. The number of carbonyl (C=O) groups excluding carboxylic acids is 1. The zero-order chi connectivity index (χ0) is 18.2. The molecule has 0 saturated carbocycles. The van der Waals surface area contributed by atoms with Gasteiger partial charge in [-0.15, -0.1) is 11.8 Å². The molecular formula is C21H21N3OS. The van der Waals surface area contributed by atoms with Gasteiger partial charge in [-0.05, 0) is 48.6 Å². The summed E-state index contributed by atoms with van der Waals surface area (Å²) in [7, 11) is 0. The van der Waals surface area contributed by atoms with E-state index in [0.29, 0.717) is 5.56 Å². The first-order valence-electron chi connectivity index (χ1n) is 8.58. The van der Waals surface area contributed by atoms with Crippen LogP contribution in [0.3, 0.4) is 0 Å². The highest BCUT2D eigenvalue weighted by atomic mass is 32.2. The number of carbonyl (C=O) groups is 1. The van der Waals surface area contributed by atoms with E-state index in [1.54, 1.807) is 24.0 Å². The lowest BCUT2D eigenvalue weighted by Crippen LogP contribution is -2.14. The molecule has 2 aromatic carbocycles. The molecule has 132 valence electrons. The summed E-state index contributed by atoms with van der Waals surface area (Å²) < 4.78 is 0. The largest absolute Gasteiger partial charge is 0.354 e. The highest BCUT2D eigenvalue weighted by molar-refractivity contribution is 7.99. The minimum atomic E-state index is -0.154. The number of para-hydroxylation sites is 3. The van der Waals surface area contributed by atoms with E-state index in [0.717, 1.165) is 34.3 Å². The number of amides is 1. The van der Waals surface area contributed by atoms with E-state index in [4.69, 9.17) is 0 Å². The van der Waals surface area contributed by atoms with Crippen LogP contribution in [0.15, 0.2) is 78.0 Å². The second-order valence-electron chi connectivity index (χ2n) is 5.70. The van der Waals surface area contributed by atoms with Crippen LogP contribution < -0.4 is 10.6 Å². The van der Waals surface area contributed by atoms with Crippen molar-refractivity contribution in [2.75, 3.05) is 16.4 Å². The SMILES string of the molecule is CCCSc1ncccc1C(=O)Nc1ccccc1Nc1ccccc1. The Morgan fingerprint density at radius 2 is 1.69 bits per heavy atom. The van der Waals surface area contributed by atoms with Crippen molar-refractivity contribution in [3.63, 3.8) is 0 Å². The lowest BCUT2D eigenvalue weighted by atomic mass is 10.2. The third-order valence-electron chi connectivity index (χ3n) is 3.69. The molecule has 0 saturated heterocycles. The Labute approximate surface area is 158 Å². The van der Waals surface area contributed by atoms with Gasteiger partial charge >= 0.3 is 0 Å². The number of thioether (sulfide) groups is 1. The third-order valence-corrected chi connectivity index (χ3v) is 4.90. The van der Waals surface area contributed by atoms with Crippen molar-refractivity contribution in [3.8, 4) is 0 Å². The highest BCUT2D eigenvalue weighted by Crippen LogP contribution is 2.27.